The molecule has 0 bridgehead atoms. The molecule has 4 nitrogen and oxygen atoms in total. The monoisotopic (exact) mass is 268 g/mol. The molecule has 1 N–H and O–H groups in total. The molecule has 3 aromatic rings. The van der Waals surface area contributed by atoms with Crippen LogP contribution in [-0.4, -0.2) is 15.0 Å². The molecule has 19 heavy (non-hydrogen) atoms. The van der Waals surface area contributed by atoms with E-state index >= 15 is 0 Å². The van der Waals surface area contributed by atoms with Crippen LogP contribution in [0.3, 0.4) is 0 Å². The number of nitrogens with one attached hydrogen (secondary N) is 1. The van der Waals surface area contributed by atoms with Gasteiger partial charge in [-0.3, -0.25) is 0 Å². The number of fused-ring (bicyclic) bond motifs is 1. The Balaban J connectivity index is 1.94. The minimum Gasteiger partial charge on any atom is -0.342 e. The van der Waals surface area contributed by atoms with Gasteiger partial charge in [0.05, 0.1) is 27.8 Å². The van der Waals surface area contributed by atoms with Crippen molar-refractivity contribution < 1.29 is 0 Å². The lowest BCUT2D eigenvalue weighted by Crippen LogP contribution is -1.83. The third-order valence-corrected chi connectivity index (χ3v) is 3.81. The lowest BCUT2D eigenvalue weighted by molar-refractivity contribution is 0.991. The van der Waals surface area contributed by atoms with Gasteiger partial charge in [-0.05, 0) is 19.1 Å². The fourth-order valence-electron chi connectivity index (χ4n) is 2.02. The fourth-order valence-corrected chi connectivity index (χ4v) is 2.83. The van der Waals surface area contributed by atoms with Crippen molar-refractivity contribution in [2.24, 2.45) is 0 Å². The molecular weight excluding hydrogens is 256 g/mol. The molecule has 3 rings (SSSR count). The molecule has 1 aromatic carbocycles. The van der Waals surface area contributed by atoms with Gasteiger partial charge in [0.25, 0.3) is 0 Å². The van der Waals surface area contributed by atoms with E-state index in [9.17, 15) is 0 Å². The Morgan fingerprint density at radius 1 is 1.37 bits per heavy atom. The Hall–Kier alpha value is -2.19. The van der Waals surface area contributed by atoms with Gasteiger partial charge in [-0.25, -0.2) is 9.97 Å². The molecule has 94 valence electrons. The highest BCUT2D eigenvalue weighted by Gasteiger charge is 2.07. The van der Waals surface area contributed by atoms with E-state index in [1.54, 1.807) is 11.3 Å². The van der Waals surface area contributed by atoms with Crippen molar-refractivity contribution in [2.75, 3.05) is 0 Å². The fraction of sp³-hybridized carbons (Fsp3) is 0.214. The number of hydrogen-bond donors (Lipinski definition) is 1. The average molecular weight is 268 g/mol. The molecule has 0 amide bonds. The van der Waals surface area contributed by atoms with Gasteiger partial charge in [-0.1, -0.05) is 6.07 Å². The van der Waals surface area contributed by atoms with Crippen LogP contribution in [0.25, 0.3) is 22.3 Å². The van der Waals surface area contributed by atoms with Crippen LogP contribution < -0.4 is 0 Å². The van der Waals surface area contributed by atoms with Crippen LogP contribution in [0.2, 0.25) is 0 Å². The number of aromatic amines is 1. The number of H-pyrrole nitrogens is 1. The maximum atomic E-state index is 8.59. The summed E-state index contributed by atoms with van der Waals surface area (Å²) in [5.74, 6) is 0.917. The van der Waals surface area contributed by atoms with Gasteiger partial charge < -0.3 is 4.98 Å². The first-order chi connectivity index (χ1) is 9.26. The Morgan fingerprint density at radius 3 is 3.11 bits per heavy atom. The van der Waals surface area contributed by atoms with Crippen molar-refractivity contribution >= 4 is 22.4 Å². The molecule has 0 aliphatic carbocycles. The lowest BCUT2D eigenvalue weighted by Gasteiger charge is -1.96. The molecule has 0 saturated heterocycles. The molecule has 0 fully saturated rings. The third kappa shape index (κ3) is 2.35. The summed E-state index contributed by atoms with van der Waals surface area (Å²) in [5.41, 5.74) is 4.05. The average Bonchev–Trinajstić information content (AvgIpc) is 3.00. The molecule has 2 heterocycles. The number of thiazole rings is 1. The van der Waals surface area contributed by atoms with Gasteiger partial charge in [-0.15, -0.1) is 11.3 Å². The van der Waals surface area contributed by atoms with Gasteiger partial charge in [0.2, 0.25) is 0 Å². The normalized spacial score (nSPS) is 10.7. The Bertz CT molecular complexity index is 763. The molecule has 2 aromatic heterocycles. The Morgan fingerprint density at radius 2 is 2.26 bits per heavy atom. The van der Waals surface area contributed by atoms with Gasteiger partial charge in [-0.2, -0.15) is 5.26 Å². The molecule has 5 heteroatoms. The first-order valence-corrected chi connectivity index (χ1v) is 6.92. The highest BCUT2D eigenvalue weighted by Crippen LogP contribution is 2.25. The number of rotatable bonds is 3. The summed E-state index contributed by atoms with van der Waals surface area (Å²) >= 11 is 1.61. The molecule has 0 atom stereocenters. The second-order valence-electron chi connectivity index (χ2n) is 4.34. The predicted octanol–water partition coefficient (Wildman–Crippen LogP) is 3.45. The highest BCUT2D eigenvalue weighted by atomic mass is 32.1. The van der Waals surface area contributed by atoms with Crippen LogP contribution in [0, 0.1) is 18.3 Å². The maximum Gasteiger partial charge on any atom is 0.104 e. The van der Waals surface area contributed by atoms with Crippen molar-refractivity contribution in [3.05, 3.63) is 34.4 Å². The molecule has 0 aliphatic rings. The zero-order valence-electron chi connectivity index (χ0n) is 10.5. The van der Waals surface area contributed by atoms with Gasteiger partial charge in [0, 0.05) is 23.8 Å². The summed E-state index contributed by atoms with van der Waals surface area (Å²) in [6.07, 6.45) is 1.25. The summed E-state index contributed by atoms with van der Waals surface area (Å²) in [6.45, 7) is 1.95. The van der Waals surface area contributed by atoms with Crippen LogP contribution in [-0.2, 0) is 6.42 Å². The molecule has 0 aliphatic heterocycles. The van der Waals surface area contributed by atoms with Crippen LogP contribution >= 0.6 is 11.3 Å². The zero-order valence-corrected chi connectivity index (χ0v) is 11.3. The first-order valence-electron chi connectivity index (χ1n) is 6.04. The number of nitrogens with zero attached hydrogens (tertiary/aromatic N) is 3. The number of nitriles is 1. The van der Waals surface area contributed by atoms with Gasteiger partial charge in [0.1, 0.15) is 5.82 Å². The lowest BCUT2D eigenvalue weighted by atomic mass is 10.1. The van der Waals surface area contributed by atoms with Crippen molar-refractivity contribution in [2.45, 2.75) is 19.8 Å². The smallest absolute Gasteiger partial charge is 0.104 e. The minimum absolute atomic E-state index is 0.520. The number of aryl methyl sites for hydroxylation is 2. The van der Waals surface area contributed by atoms with E-state index in [-0.39, 0.29) is 0 Å². The van der Waals surface area contributed by atoms with E-state index in [4.69, 9.17) is 5.26 Å². The Labute approximate surface area is 114 Å². The predicted molar refractivity (Wildman–Crippen MR) is 75.9 cm³/mol. The van der Waals surface area contributed by atoms with Crippen LogP contribution in [0.4, 0.5) is 0 Å². The summed E-state index contributed by atoms with van der Waals surface area (Å²) in [6, 6.07) is 8.25. The number of aromatic nitrogens is 3. The number of benzene rings is 1. The summed E-state index contributed by atoms with van der Waals surface area (Å²) in [7, 11) is 0. The summed E-state index contributed by atoms with van der Waals surface area (Å²) < 4.78 is 0. The molecule has 0 radical (unpaired) electrons. The van der Waals surface area contributed by atoms with Crippen molar-refractivity contribution in [1.82, 2.24) is 15.0 Å². The van der Waals surface area contributed by atoms with Crippen LogP contribution in [0.5, 0.6) is 0 Å². The second-order valence-corrected chi connectivity index (χ2v) is 5.28. The standard InChI is InChI=1S/C14H12N4S/c1-9-16-11-5-4-10(7-12(11)17-9)13-8-19-14(18-13)3-2-6-15/h4-5,7-8H,2-3H2,1H3,(H,16,17). The molecule has 0 unspecified atom stereocenters. The van der Waals surface area contributed by atoms with Gasteiger partial charge >= 0.3 is 0 Å². The minimum atomic E-state index is 0.520. The van der Waals surface area contributed by atoms with Gasteiger partial charge in [0.15, 0.2) is 0 Å². The first kappa shape index (κ1) is 11.9. The van der Waals surface area contributed by atoms with Crippen molar-refractivity contribution in [1.29, 1.82) is 5.26 Å². The van der Waals surface area contributed by atoms with E-state index in [2.05, 4.69) is 27.1 Å². The third-order valence-electron chi connectivity index (χ3n) is 2.90. The molecular formula is C14H12N4S. The van der Waals surface area contributed by atoms with Crippen molar-refractivity contribution in [3.63, 3.8) is 0 Å². The van der Waals surface area contributed by atoms with Crippen molar-refractivity contribution in [3.8, 4) is 17.3 Å². The molecule has 0 spiro atoms. The largest absolute Gasteiger partial charge is 0.342 e. The van der Waals surface area contributed by atoms with E-state index in [1.807, 2.05) is 24.4 Å². The highest BCUT2D eigenvalue weighted by molar-refractivity contribution is 7.09. The maximum absolute atomic E-state index is 8.59. The van der Waals surface area contributed by atoms with Crippen LogP contribution in [0.15, 0.2) is 23.6 Å². The van der Waals surface area contributed by atoms with E-state index in [1.165, 1.54) is 0 Å². The number of imidazole rings is 1. The molecule has 0 saturated carbocycles. The topological polar surface area (TPSA) is 65.4 Å². The zero-order chi connectivity index (χ0) is 13.2. The number of hydrogen-bond acceptors (Lipinski definition) is 4. The SMILES string of the molecule is Cc1nc2ccc(-c3csc(CCC#N)n3)cc2[nH]1. The second kappa shape index (κ2) is 4.82. The van der Waals surface area contributed by atoms with E-state index in [0.29, 0.717) is 6.42 Å². The quantitative estimate of drug-likeness (QED) is 0.791. The van der Waals surface area contributed by atoms with E-state index < -0.39 is 0 Å². The van der Waals surface area contributed by atoms with E-state index in [0.717, 1.165) is 39.5 Å². The summed E-state index contributed by atoms with van der Waals surface area (Å²) in [4.78, 5) is 12.2. The summed E-state index contributed by atoms with van der Waals surface area (Å²) in [5, 5.41) is 11.6. The van der Waals surface area contributed by atoms with Crippen LogP contribution in [0.1, 0.15) is 17.3 Å². The Kier molecular flexibility index (Phi) is 3.02.